The Balaban J connectivity index is 2.68. The second-order valence-electron chi connectivity index (χ2n) is 5.22. The molecule has 1 rings (SSSR count). The maximum absolute atomic E-state index is 12.0. The number of nitrogens with one attached hydrogen (secondary N) is 2. The van der Waals surface area contributed by atoms with Crippen LogP contribution in [0.1, 0.15) is 48.8 Å². The Kier molecular flexibility index (Phi) is 6.14. The maximum atomic E-state index is 12.0. The van der Waals surface area contributed by atoms with Crippen LogP contribution in [-0.4, -0.2) is 28.1 Å². The fourth-order valence-corrected chi connectivity index (χ4v) is 3.01. The molecule has 3 unspecified atom stereocenters. The van der Waals surface area contributed by atoms with Crippen LogP contribution in [0, 0.1) is 19.8 Å². The lowest BCUT2D eigenvalue weighted by Crippen LogP contribution is -2.49. The van der Waals surface area contributed by atoms with Crippen LogP contribution in [0.3, 0.4) is 0 Å². The van der Waals surface area contributed by atoms with Crippen LogP contribution in [0.25, 0.3) is 0 Å². The number of aromatic nitrogens is 1. The summed E-state index contributed by atoms with van der Waals surface area (Å²) < 4.78 is 0. The molecule has 3 atom stereocenters. The molecule has 1 aromatic heterocycles. The number of amides is 2. The summed E-state index contributed by atoms with van der Waals surface area (Å²) in [4.78, 5) is 28.5. The van der Waals surface area contributed by atoms with Gasteiger partial charge in [0, 0.05) is 4.88 Å². The first-order chi connectivity index (χ1) is 9.76. The first-order valence-electron chi connectivity index (χ1n) is 7.00. The van der Waals surface area contributed by atoms with E-state index in [9.17, 15) is 14.7 Å². The van der Waals surface area contributed by atoms with Crippen LogP contribution in [0.5, 0.6) is 0 Å². The average Bonchev–Trinajstić information content (AvgIpc) is 2.73. The molecule has 3 N–H and O–H groups in total. The largest absolute Gasteiger partial charge is 0.480 e. The maximum Gasteiger partial charge on any atom is 0.326 e. The molecule has 1 aromatic rings. The molecule has 0 aliphatic carbocycles. The lowest BCUT2D eigenvalue weighted by molar-refractivity contribution is -0.140. The fourth-order valence-electron chi connectivity index (χ4n) is 2.08. The molecule has 0 aromatic carbocycles. The molecule has 0 saturated heterocycles. The highest BCUT2D eigenvalue weighted by molar-refractivity contribution is 7.11. The zero-order valence-electron chi connectivity index (χ0n) is 13.1. The van der Waals surface area contributed by atoms with Crippen molar-refractivity contribution in [2.75, 3.05) is 0 Å². The van der Waals surface area contributed by atoms with E-state index in [0.29, 0.717) is 6.42 Å². The second kappa shape index (κ2) is 7.40. The van der Waals surface area contributed by atoms with Crippen molar-refractivity contribution in [1.29, 1.82) is 0 Å². The van der Waals surface area contributed by atoms with E-state index < -0.39 is 18.0 Å². The molecule has 0 aliphatic rings. The lowest BCUT2D eigenvalue weighted by atomic mass is 9.99. The van der Waals surface area contributed by atoms with Gasteiger partial charge in [-0.15, -0.1) is 11.3 Å². The van der Waals surface area contributed by atoms with Gasteiger partial charge in [0.25, 0.3) is 0 Å². The van der Waals surface area contributed by atoms with Crippen molar-refractivity contribution < 1.29 is 14.7 Å². The average molecular weight is 313 g/mol. The molecule has 0 saturated carbocycles. The van der Waals surface area contributed by atoms with Crippen molar-refractivity contribution in [1.82, 2.24) is 15.6 Å². The molecule has 1 heterocycles. The number of aliphatic carboxylic acids is 1. The van der Waals surface area contributed by atoms with Crippen LogP contribution in [0.2, 0.25) is 0 Å². The number of rotatable bonds is 6. The van der Waals surface area contributed by atoms with Crippen molar-refractivity contribution in [3.63, 3.8) is 0 Å². The quantitative estimate of drug-likeness (QED) is 0.753. The number of thiazole rings is 1. The normalized spacial score (nSPS) is 15.1. The molecule has 0 spiro atoms. The van der Waals surface area contributed by atoms with E-state index >= 15 is 0 Å². The summed E-state index contributed by atoms with van der Waals surface area (Å²) in [6.07, 6.45) is 0.681. The zero-order valence-corrected chi connectivity index (χ0v) is 13.9. The van der Waals surface area contributed by atoms with Gasteiger partial charge in [-0.2, -0.15) is 0 Å². The molecule has 0 radical (unpaired) electrons. The van der Waals surface area contributed by atoms with Gasteiger partial charge in [0.05, 0.1) is 16.7 Å². The van der Waals surface area contributed by atoms with Gasteiger partial charge in [0.15, 0.2) is 0 Å². The summed E-state index contributed by atoms with van der Waals surface area (Å²) >= 11 is 1.53. The smallest absolute Gasteiger partial charge is 0.326 e. The minimum Gasteiger partial charge on any atom is -0.480 e. The van der Waals surface area contributed by atoms with Gasteiger partial charge in [0.1, 0.15) is 6.04 Å². The Hall–Kier alpha value is -1.63. The number of hydrogen-bond donors (Lipinski definition) is 3. The number of carboxylic acid groups (broad SMARTS) is 1. The van der Waals surface area contributed by atoms with E-state index in [1.54, 1.807) is 6.92 Å². The predicted octanol–water partition coefficient (Wildman–Crippen LogP) is 2.62. The van der Waals surface area contributed by atoms with Crippen molar-refractivity contribution in [2.24, 2.45) is 5.92 Å². The second-order valence-corrected chi connectivity index (χ2v) is 6.46. The lowest BCUT2D eigenvalue weighted by Gasteiger charge is -2.22. The summed E-state index contributed by atoms with van der Waals surface area (Å²) in [6, 6.07) is -1.56. The van der Waals surface area contributed by atoms with Gasteiger partial charge in [-0.05, 0) is 26.7 Å². The summed E-state index contributed by atoms with van der Waals surface area (Å²) in [7, 11) is 0. The molecular formula is C14H23N3O3S. The van der Waals surface area contributed by atoms with Crippen LogP contribution in [-0.2, 0) is 4.79 Å². The summed E-state index contributed by atoms with van der Waals surface area (Å²) in [5.74, 6) is -1.15. The SMILES string of the molecule is CCC(C)C(NC(=O)NC(C)c1sc(C)nc1C)C(=O)O. The molecule has 2 amide bonds. The van der Waals surface area contributed by atoms with E-state index in [1.165, 1.54) is 11.3 Å². The van der Waals surface area contributed by atoms with Crippen molar-refractivity contribution in [3.8, 4) is 0 Å². The number of urea groups is 1. The Morgan fingerprint density at radius 2 is 1.90 bits per heavy atom. The Morgan fingerprint density at radius 3 is 2.33 bits per heavy atom. The molecule has 0 fully saturated rings. The highest BCUT2D eigenvalue weighted by Crippen LogP contribution is 2.24. The summed E-state index contributed by atoms with van der Waals surface area (Å²) in [5, 5.41) is 15.4. The first-order valence-corrected chi connectivity index (χ1v) is 7.81. The van der Waals surface area contributed by atoms with Crippen molar-refractivity contribution in [2.45, 2.75) is 53.1 Å². The molecule has 21 heavy (non-hydrogen) atoms. The van der Waals surface area contributed by atoms with Gasteiger partial charge in [-0.3, -0.25) is 0 Å². The Bertz CT molecular complexity index is 516. The predicted molar refractivity (Wildman–Crippen MR) is 82.5 cm³/mol. The third kappa shape index (κ3) is 4.70. The fraction of sp³-hybridized carbons (Fsp3) is 0.643. The molecule has 118 valence electrons. The van der Waals surface area contributed by atoms with Gasteiger partial charge in [-0.25, -0.2) is 14.6 Å². The minimum atomic E-state index is -1.02. The monoisotopic (exact) mass is 313 g/mol. The third-order valence-corrected chi connectivity index (χ3v) is 4.70. The first kappa shape index (κ1) is 17.4. The van der Waals surface area contributed by atoms with Crippen molar-refractivity contribution in [3.05, 3.63) is 15.6 Å². The van der Waals surface area contributed by atoms with Crippen LogP contribution in [0.4, 0.5) is 4.79 Å². The Morgan fingerprint density at radius 1 is 1.29 bits per heavy atom. The van der Waals surface area contributed by atoms with E-state index in [1.807, 2.05) is 27.7 Å². The van der Waals surface area contributed by atoms with E-state index in [2.05, 4.69) is 15.6 Å². The summed E-state index contributed by atoms with van der Waals surface area (Å²) in [5.41, 5.74) is 0.891. The number of aryl methyl sites for hydroxylation is 2. The summed E-state index contributed by atoms with van der Waals surface area (Å²) in [6.45, 7) is 9.37. The van der Waals surface area contributed by atoms with Crippen LogP contribution < -0.4 is 10.6 Å². The van der Waals surface area contributed by atoms with Crippen LogP contribution >= 0.6 is 11.3 Å². The standard InChI is InChI=1S/C14H23N3O3S/c1-6-7(2)11(13(18)19)17-14(20)16-9(4)12-8(3)15-10(5)21-12/h7,9,11H,6H2,1-5H3,(H,18,19)(H2,16,17,20). The molecule has 6 nitrogen and oxygen atoms in total. The zero-order chi connectivity index (χ0) is 16.2. The highest BCUT2D eigenvalue weighted by Gasteiger charge is 2.26. The Labute approximate surface area is 129 Å². The molecular weight excluding hydrogens is 290 g/mol. The van der Waals surface area contributed by atoms with Gasteiger partial charge in [-0.1, -0.05) is 20.3 Å². The molecule has 0 aliphatic heterocycles. The number of carbonyl (C=O) groups is 2. The topological polar surface area (TPSA) is 91.3 Å². The number of hydrogen-bond acceptors (Lipinski definition) is 4. The van der Waals surface area contributed by atoms with Gasteiger partial charge in [0.2, 0.25) is 0 Å². The number of nitrogens with zero attached hydrogens (tertiary/aromatic N) is 1. The van der Waals surface area contributed by atoms with E-state index in [-0.39, 0.29) is 12.0 Å². The number of carbonyl (C=O) groups excluding carboxylic acids is 1. The van der Waals surface area contributed by atoms with Crippen LogP contribution in [0.15, 0.2) is 0 Å². The minimum absolute atomic E-state index is 0.129. The third-order valence-electron chi connectivity index (χ3n) is 3.45. The molecule has 0 bridgehead atoms. The van der Waals surface area contributed by atoms with Crippen molar-refractivity contribution >= 4 is 23.3 Å². The van der Waals surface area contributed by atoms with Gasteiger partial charge >= 0.3 is 12.0 Å². The van der Waals surface area contributed by atoms with E-state index in [4.69, 9.17) is 0 Å². The highest BCUT2D eigenvalue weighted by atomic mass is 32.1. The van der Waals surface area contributed by atoms with E-state index in [0.717, 1.165) is 15.6 Å². The van der Waals surface area contributed by atoms with Gasteiger partial charge < -0.3 is 15.7 Å². The number of carboxylic acids is 1. The molecule has 7 heteroatoms.